The second kappa shape index (κ2) is 12.9. The normalized spacial score (nSPS) is 16.9. The number of anilines is 5. The van der Waals surface area contributed by atoms with E-state index in [1.807, 2.05) is 37.3 Å². The van der Waals surface area contributed by atoms with Crippen molar-refractivity contribution in [1.29, 1.82) is 0 Å². The van der Waals surface area contributed by atoms with Crippen LogP contribution in [0.15, 0.2) is 67.0 Å². The van der Waals surface area contributed by atoms with Crippen LogP contribution in [-0.4, -0.2) is 76.3 Å². The Balaban J connectivity index is 1.07. The van der Waals surface area contributed by atoms with E-state index in [-0.39, 0.29) is 12.0 Å². The van der Waals surface area contributed by atoms with E-state index in [4.69, 9.17) is 4.74 Å². The Morgan fingerprint density at radius 3 is 2.52 bits per heavy atom. The van der Waals surface area contributed by atoms with Gasteiger partial charge in [0, 0.05) is 68.1 Å². The summed E-state index contributed by atoms with van der Waals surface area (Å²) in [7, 11) is 0. The van der Waals surface area contributed by atoms with Gasteiger partial charge in [-0.2, -0.15) is 4.98 Å². The van der Waals surface area contributed by atoms with E-state index >= 15 is 0 Å². The zero-order chi connectivity index (χ0) is 28.7. The van der Waals surface area contributed by atoms with Crippen LogP contribution in [0.1, 0.15) is 12.1 Å². The van der Waals surface area contributed by atoms with Crippen LogP contribution in [0.3, 0.4) is 0 Å². The first-order valence-electron chi connectivity index (χ1n) is 14.2. The summed E-state index contributed by atoms with van der Waals surface area (Å²) in [4.78, 5) is 37.2. The lowest BCUT2D eigenvalue weighted by atomic mass is 10.1. The molecule has 2 fully saturated rings. The van der Waals surface area contributed by atoms with Gasteiger partial charge in [0.2, 0.25) is 5.95 Å². The molecule has 12 nitrogen and oxygen atoms in total. The molecule has 4 aromatic rings. The number of pyridine rings is 1. The van der Waals surface area contributed by atoms with Crippen molar-refractivity contribution in [2.24, 2.45) is 5.92 Å². The highest BCUT2D eigenvalue weighted by Crippen LogP contribution is 2.24. The largest absolute Gasteiger partial charge is 0.465 e. The second-order valence-electron chi connectivity index (χ2n) is 10.5. The molecule has 4 N–H and O–H groups in total. The van der Waals surface area contributed by atoms with Crippen molar-refractivity contribution in [3.63, 3.8) is 0 Å². The first-order chi connectivity index (χ1) is 20.6. The summed E-state index contributed by atoms with van der Waals surface area (Å²) in [6, 6.07) is 17.4. The van der Waals surface area contributed by atoms with Gasteiger partial charge in [-0.1, -0.05) is 6.07 Å². The highest BCUT2D eigenvalue weighted by Gasteiger charge is 2.26. The monoisotopic (exact) mass is 566 g/mol. The van der Waals surface area contributed by atoms with Crippen LogP contribution in [0.4, 0.5) is 29.0 Å². The molecule has 1 atom stereocenters. The summed E-state index contributed by atoms with van der Waals surface area (Å²) in [6.45, 7) is 6.70. The lowest BCUT2D eigenvalue weighted by molar-refractivity contribution is -0.146. The minimum Gasteiger partial charge on any atom is -0.465 e. The predicted octanol–water partition coefficient (Wildman–Crippen LogP) is 3.06. The van der Waals surface area contributed by atoms with Gasteiger partial charge in [0.05, 0.1) is 19.1 Å². The van der Waals surface area contributed by atoms with Gasteiger partial charge in [-0.3, -0.25) is 4.79 Å². The zero-order valence-corrected chi connectivity index (χ0v) is 23.5. The minimum atomic E-state index is -0.144. The molecule has 2 aliphatic rings. The van der Waals surface area contributed by atoms with E-state index in [1.165, 1.54) is 0 Å². The van der Waals surface area contributed by atoms with Crippen molar-refractivity contribution in [2.45, 2.75) is 19.4 Å². The van der Waals surface area contributed by atoms with E-state index in [1.54, 1.807) is 24.5 Å². The lowest BCUT2D eigenvalue weighted by Crippen LogP contribution is -2.52. The molecule has 3 aromatic heterocycles. The number of aryl methyl sites for hydroxylation is 1. The number of rotatable bonds is 10. The molecule has 2 saturated heterocycles. The van der Waals surface area contributed by atoms with Gasteiger partial charge < -0.3 is 30.9 Å². The van der Waals surface area contributed by atoms with E-state index in [0.717, 1.165) is 49.8 Å². The molecule has 0 saturated carbocycles. The number of ether oxygens (including phenoxy) is 1. The average molecular weight is 567 g/mol. The molecule has 5 heterocycles. The zero-order valence-electron chi connectivity index (χ0n) is 23.5. The number of nitrogens with one attached hydrogen (secondary N) is 4. The van der Waals surface area contributed by atoms with Crippen LogP contribution in [0.25, 0.3) is 11.5 Å². The molecule has 0 bridgehead atoms. The molecule has 0 radical (unpaired) electrons. The molecule has 0 spiro atoms. The number of nitrogens with zero attached hydrogens (tertiary/aromatic N) is 6. The number of esters is 1. The van der Waals surface area contributed by atoms with E-state index in [9.17, 15) is 4.79 Å². The maximum absolute atomic E-state index is 12.5. The third-order valence-corrected chi connectivity index (χ3v) is 7.24. The third-order valence-electron chi connectivity index (χ3n) is 7.24. The summed E-state index contributed by atoms with van der Waals surface area (Å²) in [5, 5.41) is 13.1. The van der Waals surface area contributed by atoms with Gasteiger partial charge >= 0.3 is 5.97 Å². The van der Waals surface area contributed by atoms with Gasteiger partial charge in [-0.25, -0.2) is 19.9 Å². The van der Waals surface area contributed by atoms with Gasteiger partial charge in [-0.15, -0.1) is 0 Å². The predicted molar refractivity (Wildman–Crippen MR) is 161 cm³/mol. The molecule has 216 valence electrons. The summed E-state index contributed by atoms with van der Waals surface area (Å²) >= 11 is 0. The molecular formula is C30H34N10O2. The van der Waals surface area contributed by atoms with Gasteiger partial charge in [-0.05, 0) is 55.5 Å². The Morgan fingerprint density at radius 1 is 0.929 bits per heavy atom. The molecule has 12 heteroatoms. The van der Waals surface area contributed by atoms with Crippen LogP contribution < -0.4 is 26.2 Å². The van der Waals surface area contributed by atoms with E-state index < -0.39 is 0 Å². The SMILES string of the molecule is Cc1cccc(-c2nccc(Nc3ccnc(Nc4ccc(N5CCNCC5CC(=O)OCC5CNC5)cc4)n3)n2)n1. The Hall–Kier alpha value is -4.68. The fourth-order valence-electron chi connectivity index (χ4n) is 4.92. The van der Waals surface area contributed by atoms with E-state index in [0.29, 0.717) is 48.0 Å². The molecule has 1 unspecified atom stereocenters. The quantitative estimate of drug-likeness (QED) is 0.210. The van der Waals surface area contributed by atoms with Gasteiger partial charge in [0.15, 0.2) is 5.82 Å². The average Bonchev–Trinajstić information content (AvgIpc) is 2.98. The Kier molecular flexibility index (Phi) is 8.43. The number of carbonyl (C=O) groups excluding carboxylic acids is 1. The standard InChI is InChI=1S/C30H34N10O2/c1-20-3-2-4-25(35-20)29-33-11-9-26(38-29)37-27-10-12-34-30(39-27)36-22-5-7-23(8-6-22)40-14-13-31-18-24(40)15-28(41)42-19-21-16-32-17-21/h2-12,21,24,31-32H,13-19H2,1H3,(H2,33,34,36,37,38,39). The minimum absolute atomic E-state index is 0.0414. The summed E-state index contributed by atoms with van der Waals surface area (Å²) in [6.07, 6.45) is 3.73. The fraction of sp³-hybridized carbons (Fsp3) is 0.333. The summed E-state index contributed by atoms with van der Waals surface area (Å²) < 4.78 is 5.52. The van der Waals surface area contributed by atoms with Crippen molar-refractivity contribution in [1.82, 2.24) is 35.6 Å². The number of carbonyl (C=O) groups is 1. The van der Waals surface area contributed by atoms with E-state index in [2.05, 4.69) is 63.2 Å². The van der Waals surface area contributed by atoms with Gasteiger partial charge in [0.25, 0.3) is 0 Å². The summed E-state index contributed by atoms with van der Waals surface area (Å²) in [5.41, 5.74) is 3.52. The van der Waals surface area contributed by atoms with Crippen LogP contribution >= 0.6 is 0 Å². The lowest BCUT2D eigenvalue weighted by Gasteiger charge is -2.37. The van der Waals surface area contributed by atoms with Crippen molar-refractivity contribution in [3.05, 3.63) is 72.7 Å². The molecule has 42 heavy (non-hydrogen) atoms. The topological polar surface area (TPSA) is 142 Å². The molecule has 6 rings (SSSR count). The van der Waals surface area contributed by atoms with Crippen LogP contribution in [-0.2, 0) is 9.53 Å². The van der Waals surface area contributed by atoms with Crippen molar-refractivity contribution in [2.75, 3.05) is 54.9 Å². The number of hydrogen-bond acceptors (Lipinski definition) is 12. The van der Waals surface area contributed by atoms with Crippen LogP contribution in [0.5, 0.6) is 0 Å². The number of aromatic nitrogens is 5. The summed E-state index contributed by atoms with van der Waals surface area (Å²) in [5.74, 6) is 2.48. The van der Waals surface area contributed by atoms with Crippen molar-refractivity contribution in [3.8, 4) is 11.5 Å². The van der Waals surface area contributed by atoms with Crippen LogP contribution in [0.2, 0.25) is 0 Å². The first-order valence-corrected chi connectivity index (χ1v) is 14.2. The number of hydrogen-bond donors (Lipinski definition) is 4. The third kappa shape index (κ3) is 6.96. The highest BCUT2D eigenvalue weighted by molar-refractivity contribution is 5.71. The van der Waals surface area contributed by atoms with Gasteiger partial charge in [0.1, 0.15) is 17.3 Å². The number of benzene rings is 1. The van der Waals surface area contributed by atoms with Crippen LogP contribution in [0, 0.1) is 12.8 Å². The second-order valence-corrected chi connectivity index (χ2v) is 10.5. The smallest absolute Gasteiger partial charge is 0.307 e. The molecule has 0 aliphatic carbocycles. The Morgan fingerprint density at radius 2 is 1.74 bits per heavy atom. The van der Waals surface area contributed by atoms with Crippen molar-refractivity contribution < 1.29 is 9.53 Å². The Bertz CT molecular complexity index is 1510. The molecule has 0 amide bonds. The molecule has 2 aliphatic heterocycles. The molecule has 1 aromatic carbocycles. The highest BCUT2D eigenvalue weighted by atomic mass is 16.5. The maximum atomic E-state index is 12.5. The number of piperazine rings is 1. The van der Waals surface area contributed by atoms with Crippen molar-refractivity contribution >= 4 is 34.9 Å². The Labute approximate surface area is 244 Å². The maximum Gasteiger partial charge on any atom is 0.307 e. The first kappa shape index (κ1) is 27.5. The fourth-order valence-corrected chi connectivity index (χ4v) is 4.92. The molecular weight excluding hydrogens is 532 g/mol.